The second-order valence-corrected chi connectivity index (χ2v) is 4.69. The Morgan fingerprint density at radius 3 is 2.93 bits per heavy atom. The number of nitrogens with one attached hydrogen (secondary N) is 1. The van der Waals surface area contributed by atoms with Crippen molar-refractivity contribution in [2.24, 2.45) is 5.73 Å². The minimum Gasteiger partial charge on any atom is -0.357 e. The van der Waals surface area contributed by atoms with Crippen molar-refractivity contribution in [1.29, 1.82) is 0 Å². The summed E-state index contributed by atoms with van der Waals surface area (Å²) in [6.07, 6.45) is 4.01. The van der Waals surface area contributed by atoms with Crippen molar-refractivity contribution in [2.45, 2.75) is 18.3 Å². The molecule has 0 saturated heterocycles. The summed E-state index contributed by atoms with van der Waals surface area (Å²) >= 11 is 5.88. The lowest BCUT2D eigenvalue weighted by atomic mass is 10.0. The van der Waals surface area contributed by atoms with E-state index in [-0.39, 0.29) is 5.41 Å². The molecule has 0 bridgehead atoms. The zero-order chi connectivity index (χ0) is 10.5. The molecule has 2 aromatic rings. The number of hydrogen-bond donors (Lipinski definition) is 2. The number of fused-ring (bicyclic) bond motifs is 1. The van der Waals surface area contributed by atoms with Crippen LogP contribution in [0.2, 0.25) is 5.02 Å². The molecule has 0 aliphatic heterocycles. The summed E-state index contributed by atoms with van der Waals surface area (Å²) in [6, 6.07) is 3.99. The average molecular weight is 222 g/mol. The largest absolute Gasteiger partial charge is 0.357 e. The Kier molecular flexibility index (Phi) is 1.82. The van der Waals surface area contributed by atoms with E-state index in [2.05, 4.69) is 16.0 Å². The van der Waals surface area contributed by atoms with Gasteiger partial charge in [-0.3, -0.25) is 4.98 Å². The van der Waals surface area contributed by atoms with E-state index in [4.69, 9.17) is 17.3 Å². The van der Waals surface area contributed by atoms with Gasteiger partial charge in [-0.25, -0.2) is 0 Å². The van der Waals surface area contributed by atoms with Gasteiger partial charge >= 0.3 is 0 Å². The van der Waals surface area contributed by atoms with Gasteiger partial charge < -0.3 is 10.7 Å². The van der Waals surface area contributed by atoms with Crippen LogP contribution in [-0.4, -0.2) is 16.5 Å². The number of pyridine rings is 1. The molecule has 2 aromatic heterocycles. The summed E-state index contributed by atoms with van der Waals surface area (Å²) in [5.74, 6) is 0. The Bertz CT molecular complexity index is 514. The number of aromatic amines is 1. The molecule has 0 amide bonds. The topological polar surface area (TPSA) is 54.7 Å². The quantitative estimate of drug-likeness (QED) is 0.817. The Morgan fingerprint density at radius 1 is 1.47 bits per heavy atom. The highest BCUT2D eigenvalue weighted by Crippen LogP contribution is 2.47. The van der Waals surface area contributed by atoms with Crippen LogP contribution in [0.15, 0.2) is 18.3 Å². The molecule has 1 fully saturated rings. The fourth-order valence-electron chi connectivity index (χ4n) is 2.00. The van der Waals surface area contributed by atoms with E-state index in [1.165, 1.54) is 18.5 Å². The summed E-state index contributed by atoms with van der Waals surface area (Å²) < 4.78 is 0. The molecule has 15 heavy (non-hydrogen) atoms. The molecule has 78 valence electrons. The standard InChI is InChI=1S/C11H12ClN3/c12-7-3-9-8(14-5-7)4-10(15-9)11(6-13)1-2-11/h3-5,15H,1-2,6,13H2. The van der Waals surface area contributed by atoms with Gasteiger partial charge in [0.05, 0.1) is 16.1 Å². The third-order valence-corrected chi connectivity index (χ3v) is 3.46. The maximum Gasteiger partial charge on any atom is 0.0883 e. The highest BCUT2D eigenvalue weighted by molar-refractivity contribution is 6.31. The van der Waals surface area contributed by atoms with E-state index in [9.17, 15) is 0 Å². The van der Waals surface area contributed by atoms with E-state index < -0.39 is 0 Å². The van der Waals surface area contributed by atoms with Crippen molar-refractivity contribution in [1.82, 2.24) is 9.97 Å². The maximum atomic E-state index is 5.88. The predicted molar refractivity (Wildman–Crippen MR) is 61.1 cm³/mol. The lowest BCUT2D eigenvalue weighted by molar-refractivity contribution is 0.686. The molecule has 1 aliphatic carbocycles. The highest BCUT2D eigenvalue weighted by atomic mass is 35.5. The van der Waals surface area contributed by atoms with Gasteiger partial charge in [0.1, 0.15) is 0 Å². The van der Waals surface area contributed by atoms with E-state index in [1.54, 1.807) is 6.20 Å². The average Bonchev–Trinajstić information content (AvgIpc) is 2.93. The maximum absolute atomic E-state index is 5.88. The van der Waals surface area contributed by atoms with Gasteiger partial charge in [-0.1, -0.05) is 11.6 Å². The summed E-state index contributed by atoms with van der Waals surface area (Å²) in [7, 11) is 0. The fraction of sp³-hybridized carbons (Fsp3) is 0.364. The number of aromatic nitrogens is 2. The first-order valence-corrected chi connectivity index (χ1v) is 5.46. The van der Waals surface area contributed by atoms with Crippen LogP contribution in [0.1, 0.15) is 18.5 Å². The minimum atomic E-state index is 0.188. The molecule has 3 nitrogen and oxygen atoms in total. The van der Waals surface area contributed by atoms with Crippen LogP contribution in [-0.2, 0) is 5.41 Å². The molecule has 1 aliphatic rings. The summed E-state index contributed by atoms with van der Waals surface area (Å²) in [6.45, 7) is 0.702. The summed E-state index contributed by atoms with van der Waals surface area (Å²) in [5.41, 5.74) is 9.14. The lowest BCUT2D eigenvalue weighted by Gasteiger charge is -2.08. The first-order valence-electron chi connectivity index (χ1n) is 5.08. The molecule has 2 heterocycles. The second kappa shape index (κ2) is 2.97. The van der Waals surface area contributed by atoms with Crippen LogP contribution in [0.4, 0.5) is 0 Å². The number of H-pyrrole nitrogens is 1. The fourth-order valence-corrected chi connectivity index (χ4v) is 2.16. The molecular weight excluding hydrogens is 210 g/mol. The zero-order valence-corrected chi connectivity index (χ0v) is 9.01. The van der Waals surface area contributed by atoms with Crippen molar-refractivity contribution in [3.05, 3.63) is 29.0 Å². The molecule has 0 atom stereocenters. The van der Waals surface area contributed by atoms with Crippen molar-refractivity contribution in [3.8, 4) is 0 Å². The minimum absolute atomic E-state index is 0.188. The molecule has 4 heteroatoms. The van der Waals surface area contributed by atoms with Crippen LogP contribution in [0.5, 0.6) is 0 Å². The Balaban J connectivity index is 2.14. The first kappa shape index (κ1) is 9.19. The third kappa shape index (κ3) is 1.34. The predicted octanol–water partition coefficient (Wildman–Crippen LogP) is 2.21. The van der Waals surface area contributed by atoms with Gasteiger partial charge in [-0.15, -0.1) is 0 Å². The molecular formula is C11H12ClN3. The van der Waals surface area contributed by atoms with Crippen molar-refractivity contribution in [3.63, 3.8) is 0 Å². The van der Waals surface area contributed by atoms with Gasteiger partial charge in [0, 0.05) is 23.9 Å². The van der Waals surface area contributed by atoms with E-state index in [1.807, 2.05) is 6.07 Å². The second-order valence-electron chi connectivity index (χ2n) is 4.25. The number of nitrogens with two attached hydrogens (primary N) is 1. The SMILES string of the molecule is NCC1(c2cc3ncc(Cl)cc3[nH]2)CC1. The van der Waals surface area contributed by atoms with E-state index in [0.29, 0.717) is 11.6 Å². The van der Waals surface area contributed by atoms with Crippen molar-refractivity contribution >= 4 is 22.6 Å². The first-order chi connectivity index (χ1) is 7.23. The van der Waals surface area contributed by atoms with Gasteiger partial charge in [0.2, 0.25) is 0 Å². The zero-order valence-electron chi connectivity index (χ0n) is 8.26. The Hall–Kier alpha value is -1.06. The monoisotopic (exact) mass is 221 g/mol. The van der Waals surface area contributed by atoms with Crippen LogP contribution >= 0.6 is 11.6 Å². The van der Waals surface area contributed by atoms with Crippen molar-refractivity contribution < 1.29 is 0 Å². The summed E-state index contributed by atoms with van der Waals surface area (Å²) in [4.78, 5) is 7.64. The van der Waals surface area contributed by atoms with Gasteiger partial charge in [0.15, 0.2) is 0 Å². The molecule has 0 unspecified atom stereocenters. The Morgan fingerprint density at radius 2 is 2.27 bits per heavy atom. The number of rotatable bonds is 2. The molecule has 3 N–H and O–H groups in total. The molecule has 0 radical (unpaired) electrons. The van der Waals surface area contributed by atoms with E-state index in [0.717, 1.165) is 11.0 Å². The normalized spacial score (nSPS) is 18.3. The molecule has 0 spiro atoms. The number of hydrogen-bond acceptors (Lipinski definition) is 2. The van der Waals surface area contributed by atoms with Crippen LogP contribution in [0, 0.1) is 0 Å². The van der Waals surface area contributed by atoms with Gasteiger partial charge in [-0.05, 0) is 25.0 Å². The van der Waals surface area contributed by atoms with Crippen LogP contribution in [0.3, 0.4) is 0 Å². The Labute approximate surface area is 92.6 Å². The molecule has 0 aromatic carbocycles. The van der Waals surface area contributed by atoms with Crippen molar-refractivity contribution in [2.75, 3.05) is 6.54 Å². The number of halogens is 1. The van der Waals surface area contributed by atoms with Crippen LogP contribution in [0.25, 0.3) is 11.0 Å². The van der Waals surface area contributed by atoms with E-state index >= 15 is 0 Å². The van der Waals surface area contributed by atoms with Crippen LogP contribution < -0.4 is 5.73 Å². The number of nitrogens with zero attached hydrogens (tertiary/aromatic N) is 1. The van der Waals surface area contributed by atoms with Gasteiger partial charge in [-0.2, -0.15) is 0 Å². The summed E-state index contributed by atoms with van der Waals surface area (Å²) in [5, 5.41) is 0.661. The smallest absolute Gasteiger partial charge is 0.0883 e. The highest BCUT2D eigenvalue weighted by Gasteiger charge is 2.44. The third-order valence-electron chi connectivity index (χ3n) is 3.25. The molecule has 3 rings (SSSR count). The lowest BCUT2D eigenvalue weighted by Crippen LogP contribution is -2.19. The van der Waals surface area contributed by atoms with Gasteiger partial charge in [0.25, 0.3) is 0 Å². The molecule has 1 saturated carbocycles.